The molecule has 0 saturated carbocycles. The van der Waals surface area contributed by atoms with Crippen LogP contribution in [0.1, 0.15) is 38.7 Å². The van der Waals surface area contributed by atoms with Crippen molar-refractivity contribution < 1.29 is 5.11 Å². The van der Waals surface area contributed by atoms with Gasteiger partial charge in [0.25, 0.3) is 0 Å². The molecule has 0 spiro atoms. The maximum Gasteiger partial charge on any atom is 0.115 e. The van der Waals surface area contributed by atoms with Crippen LogP contribution in [0.3, 0.4) is 0 Å². The van der Waals surface area contributed by atoms with Crippen LogP contribution in [-0.2, 0) is 6.42 Å². The molecule has 2 unspecified atom stereocenters. The molecule has 2 atom stereocenters. The maximum atomic E-state index is 9.24. The fourth-order valence-corrected chi connectivity index (χ4v) is 3.30. The maximum absolute atomic E-state index is 9.24. The van der Waals surface area contributed by atoms with Gasteiger partial charge in [-0.2, -0.15) is 0 Å². The molecule has 0 bridgehead atoms. The number of likely N-dealkylation sites (tertiary alicyclic amines) is 1. The summed E-state index contributed by atoms with van der Waals surface area (Å²) in [5.41, 5.74) is 1.33. The molecule has 1 aromatic carbocycles. The number of aromatic hydroxyl groups is 1. The zero-order valence-electron chi connectivity index (χ0n) is 12.3. The number of piperidine rings is 1. The Hall–Kier alpha value is -1.02. The van der Waals surface area contributed by atoms with E-state index in [2.05, 4.69) is 18.7 Å². The van der Waals surface area contributed by atoms with Crippen LogP contribution in [-0.4, -0.2) is 29.6 Å². The number of rotatable bonds is 5. The standard InChI is InChI=1S/C17H27NO/c1-14-11-15(2)13-18(12-14)10-4-3-5-16-6-8-17(19)9-7-16/h6-9,14-15,19H,3-5,10-13H2,1-2H3. The quantitative estimate of drug-likeness (QED) is 0.817. The van der Waals surface area contributed by atoms with Gasteiger partial charge in [0.05, 0.1) is 0 Å². The van der Waals surface area contributed by atoms with Crippen molar-refractivity contribution in [3.8, 4) is 5.75 Å². The first kappa shape index (κ1) is 14.4. The number of phenolic OH excluding ortho intramolecular Hbond substituents is 1. The van der Waals surface area contributed by atoms with Gasteiger partial charge in [0.15, 0.2) is 0 Å². The van der Waals surface area contributed by atoms with Crippen LogP contribution in [0.15, 0.2) is 24.3 Å². The molecule has 1 aromatic rings. The second kappa shape index (κ2) is 6.95. The number of benzene rings is 1. The Morgan fingerprint density at radius 3 is 2.32 bits per heavy atom. The van der Waals surface area contributed by atoms with Crippen LogP contribution >= 0.6 is 0 Å². The summed E-state index contributed by atoms with van der Waals surface area (Å²) in [4.78, 5) is 2.63. The fourth-order valence-electron chi connectivity index (χ4n) is 3.30. The first-order chi connectivity index (χ1) is 9.13. The normalized spacial score (nSPS) is 24.5. The van der Waals surface area contributed by atoms with Crippen molar-refractivity contribution in [1.82, 2.24) is 4.90 Å². The van der Waals surface area contributed by atoms with Gasteiger partial charge in [-0.25, -0.2) is 0 Å². The first-order valence-corrected chi connectivity index (χ1v) is 7.63. The number of aryl methyl sites for hydroxylation is 1. The average molecular weight is 261 g/mol. The van der Waals surface area contributed by atoms with E-state index < -0.39 is 0 Å². The Labute approximate surface area is 117 Å². The molecular formula is C17H27NO. The predicted octanol–water partition coefficient (Wildman–Crippen LogP) is 3.69. The third-order valence-electron chi connectivity index (χ3n) is 4.07. The molecule has 1 fully saturated rings. The third-order valence-corrected chi connectivity index (χ3v) is 4.07. The van der Waals surface area contributed by atoms with E-state index in [9.17, 15) is 5.11 Å². The molecule has 2 nitrogen and oxygen atoms in total. The Morgan fingerprint density at radius 1 is 1.05 bits per heavy atom. The lowest BCUT2D eigenvalue weighted by Crippen LogP contribution is -2.39. The molecule has 1 aliphatic rings. The van der Waals surface area contributed by atoms with Crippen molar-refractivity contribution in [2.45, 2.75) is 39.5 Å². The highest BCUT2D eigenvalue weighted by molar-refractivity contribution is 5.25. The molecule has 2 rings (SSSR count). The van der Waals surface area contributed by atoms with Crippen LogP contribution in [0, 0.1) is 11.8 Å². The van der Waals surface area contributed by atoms with Crippen LogP contribution in [0.2, 0.25) is 0 Å². The summed E-state index contributed by atoms with van der Waals surface area (Å²) in [7, 11) is 0. The highest BCUT2D eigenvalue weighted by Crippen LogP contribution is 2.21. The van der Waals surface area contributed by atoms with Gasteiger partial charge in [-0.05, 0) is 61.8 Å². The smallest absolute Gasteiger partial charge is 0.115 e. The molecule has 1 N–H and O–H groups in total. The van der Waals surface area contributed by atoms with Crippen molar-refractivity contribution in [2.75, 3.05) is 19.6 Å². The lowest BCUT2D eigenvalue weighted by atomic mass is 9.92. The van der Waals surface area contributed by atoms with E-state index in [0.29, 0.717) is 5.75 Å². The van der Waals surface area contributed by atoms with E-state index in [1.165, 1.54) is 44.5 Å². The number of hydrogen-bond acceptors (Lipinski definition) is 2. The van der Waals surface area contributed by atoms with E-state index in [1.807, 2.05) is 12.1 Å². The predicted molar refractivity (Wildman–Crippen MR) is 80.4 cm³/mol. The number of unbranched alkanes of at least 4 members (excludes halogenated alkanes) is 1. The van der Waals surface area contributed by atoms with Gasteiger partial charge >= 0.3 is 0 Å². The SMILES string of the molecule is CC1CC(C)CN(CCCCc2ccc(O)cc2)C1. The molecule has 106 valence electrons. The molecular weight excluding hydrogens is 234 g/mol. The summed E-state index contributed by atoms with van der Waals surface area (Å²) in [6, 6.07) is 7.62. The number of nitrogens with zero attached hydrogens (tertiary/aromatic N) is 1. The van der Waals surface area contributed by atoms with E-state index in [4.69, 9.17) is 0 Å². The molecule has 0 aromatic heterocycles. The van der Waals surface area contributed by atoms with Gasteiger partial charge in [0.2, 0.25) is 0 Å². The van der Waals surface area contributed by atoms with Gasteiger partial charge in [-0.1, -0.05) is 26.0 Å². The van der Waals surface area contributed by atoms with Gasteiger partial charge in [0.1, 0.15) is 5.75 Å². The molecule has 1 aliphatic heterocycles. The topological polar surface area (TPSA) is 23.5 Å². The van der Waals surface area contributed by atoms with Crippen molar-refractivity contribution in [3.05, 3.63) is 29.8 Å². The zero-order valence-corrected chi connectivity index (χ0v) is 12.3. The van der Waals surface area contributed by atoms with E-state index >= 15 is 0 Å². The summed E-state index contributed by atoms with van der Waals surface area (Å²) in [6.07, 6.45) is 5.04. The molecule has 2 heteroatoms. The van der Waals surface area contributed by atoms with E-state index in [-0.39, 0.29) is 0 Å². The van der Waals surface area contributed by atoms with Crippen molar-refractivity contribution >= 4 is 0 Å². The van der Waals surface area contributed by atoms with Crippen molar-refractivity contribution in [3.63, 3.8) is 0 Å². The summed E-state index contributed by atoms with van der Waals surface area (Å²) in [5, 5.41) is 9.24. The minimum Gasteiger partial charge on any atom is -0.508 e. The minimum atomic E-state index is 0.361. The van der Waals surface area contributed by atoms with Gasteiger partial charge in [-0.15, -0.1) is 0 Å². The largest absolute Gasteiger partial charge is 0.508 e. The fraction of sp³-hybridized carbons (Fsp3) is 0.647. The molecule has 1 heterocycles. The summed E-state index contributed by atoms with van der Waals surface area (Å²) in [6.45, 7) is 8.55. The van der Waals surface area contributed by atoms with Gasteiger partial charge < -0.3 is 10.0 Å². The van der Waals surface area contributed by atoms with Crippen LogP contribution in [0.5, 0.6) is 5.75 Å². The van der Waals surface area contributed by atoms with E-state index in [0.717, 1.165) is 18.3 Å². The minimum absolute atomic E-state index is 0.361. The number of hydrogen-bond donors (Lipinski definition) is 1. The molecule has 0 amide bonds. The summed E-state index contributed by atoms with van der Waals surface area (Å²) >= 11 is 0. The van der Waals surface area contributed by atoms with Gasteiger partial charge in [-0.3, -0.25) is 0 Å². The Balaban J connectivity index is 1.65. The number of phenols is 1. The van der Waals surface area contributed by atoms with Crippen LogP contribution in [0.4, 0.5) is 0 Å². The lowest BCUT2D eigenvalue weighted by molar-refractivity contribution is 0.139. The van der Waals surface area contributed by atoms with Crippen LogP contribution in [0.25, 0.3) is 0 Å². The first-order valence-electron chi connectivity index (χ1n) is 7.63. The molecule has 1 saturated heterocycles. The Bertz CT molecular complexity index is 363. The Morgan fingerprint density at radius 2 is 1.68 bits per heavy atom. The zero-order chi connectivity index (χ0) is 13.7. The van der Waals surface area contributed by atoms with Crippen molar-refractivity contribution in [2.24, 2.45) is 11.8 Å². The second-order valence-corrected chi connectivity index (χ2v) is 6.33. The molecule has 19 heavy (non-hydrogen) atoms. The monoisotopic (exact) mass is 261 g/mol. The van der Waals surface area contributed by atoms with Crippen molar-refractivity contribution in [1.29, 1.82) is 0 Å². The highest BCUT2D eigenvalue weighted by Gasteiger charge is 2.20. The molecule has 0 aliphatic carbocycles. The summed E-state index contributed by atoms with van der Waals surface area (Å²) < 4.78 is 0. The third kappa shape index (κ3) is 4.87. The van der Waals surface area contributed by atoms with Gasteiger partial charge in [0, 0.05) is 13.1 Å². The summed E-state index contributed by atoms with van der Waals surface area (Å²) in [5.74, 6) is 2.08. The average Bonchev–Trinajstić information content (AvgIpc) is 2.36. The van der Waals surface area contributed by atoms with E-state index in [1.54, 1.807) is 12.1 Å². The van der Waals surface area contributed by atoms with Crippen LogP contribution < -0.4 is 0 Å². The molecule has 0 radical (unpaired) electrons. The lowest BCUT2D eigenvalue weighted by Gasteiger charge is -2.34. The second-order valence-electron chi connectivity index (χ2n) is 6.33. The highest BCUT2D eigenvalue weighted by atomic mass is 16.3. The Kier molecular flexibility index (Phi) is 5.26.